The fourth-order valence-electron chi connectivity index (χ4n) is 2.66. The SMILES string of the molecule is CN(c1ccc(N)c(C(N)=O)c1)C1CCCCC1. The van der Waals surface area contributed by atoms with Gasteiger partial charge in [0.25, 0.3) is 5.91 Å². The molecule has 1 aliphatic rings. The summed E-state index contributed by atoms with van der Waals surface area (Å²) in [4.78, 5) is 13.5. The highest BCUT2D eigenvalue weighted by molar-refractivity contribution is 5.99. The predicted octanol–water partition coefficient (Wildman–Crippen LogP) is 2.14. The average molecular weight is 247 g/mol. The molecular formula is C14H21N3O. The van der Waals surface area contributed by atoms with Crippen molar-refractivity contribution in [1.82, 2.24) is 0 Å². The van der Waals surface area contributed by atoms with Crippen LogP contribution in [0.5, 0.6) is 0 Å². The summed E-state index contributed by atoms with van der Waals surface area (Å²) < 4.78 is 0. The molecule has 0 atom stereocenters. The van der Waals surface area contributed by atoms with Crippen LogP contribution in [0.15, 0.2) is 18.2 Å². The summed E-state index contributed by atoms with van der Waals surface area (Å²) in [5.41, 5.74) is 13.0. The van der Waals surface area contributed by atoms with E-state index in [-0.39, 0.29) is 0 Å². The van der Waals surface area contributed by atoms with Gasteiger partial charge in [-0.2, -0.15) is 0 Å². The molecule has 18 heavy (non-hydrogen) atoms. The number of rotatable bonds is 3. The average Bonchev–Trinajstić information content (AvgIpc) is 2.39. The van der Waals surface area contributed by atoms with Gasteiger partial charge in [0.1, 0.15) is 0 Å². The Morgan fingerprint density at radius 2 is 1.94 bits per heavy atom. The molecule has 0 saturated heterocycles. The third-order valence-electron chi connectivity index (χ3n) is 3.83. The Morgan fingerprint density at radius 1 is 1.28 bits per heavy atom. The number of carbonyl (C=O) groups is 1. The number of nitrogens with zero attached hydrogens (tertiary/aromatic N) is 1. The van der Waals surface area contributed by atoms with Gasteiger partial charge in [-0.15, -0.1) is 0 Å². The molecule has 1 aromatic carbocycles. The Hall–Kier alpha value is -1.71. The summed E-state index contributed by atoms with van der Waals surface area (Å²) in [7, 11) is 2.08. The molecule has 0 heterocycles. The van der Waals surface area contributed by atoms with Gasteiger partial charge in [0, 0.05) is 24.5 Å². The van der Waals surface area contributed by atoms with E-state index in [0.29, 0.717) is 17.3 Å². The van der Waals surface area contributed by atoms with Crippen molar-refractivity contribution in [2.75, 3.05) is 17.7 Å². The first-order valence-electron chi connectivity index (χ1n) is 6.52. The number of hydrogen-bond acceptors (Lipinski definition) is 3. The maximum absolute atomic E-state index is 11.3. The minimum atomic E-state index is -0.466. The molecule has 0 aromatic heterocycles. The zero-order valence-electron chi connectivity index (χ0n) is 10.9. The summed E-state index contributed by atoms with van der Waals surface area (Å²) in [5, 5.41) is 0. The lowest BCUT2D eigenvalue weighted by Gasteiger charge is -2.33. The normalized spacial score (nSPS) is 16.5. The van der Waals surface area contributed by atoms with Crippen LogP contribution in [0.25, 0.3) is 0 Å². The maximum Gasteiger partial charge on any atom is 0.250 e. The second kappa shape index (κ2) is 5.29. The van der Waals surface area contributed by atoms with Crippen LogP contribution in [0.4, 0.5) is 11.4 Å². The molecule has 4 N–H and O–H groups in total. The van der Waals surface area contributed by atoms with E-state index in [0.717, 1.165) is 5.69 Å². The second-order valence-electron chi connectivity index (χ2n) is 5.04. The monoisotopic (exact) mass is 247 g/mol. The summed E-state index contributed by atoms with van der Waals surface area (Å²) in [6, 6.07) is 6.07. The van der Waals surface area contributed by atoms with E-state index in [1.165, 1.54) is 32.1 Å². The first-order chi connectivity index (χ1) is 8.59. The van der Waals surface area contributed by atoms with Crippen molar-refractivity contribution < 1.29 is 4.79 Å². The van der Waals surface area contributed by atoms with Crippen molar-refractivity contribution in [2.24, 2.45) is 5.73 Å². The lowest BCUT2D eigenvalue weighted by molar-refractivity contribution is 0.100. The van der Waals surface area contributed by atoms with Gasteiger partial charge in [-0.05, 0) is 31.0 Å². The van der Waals surface area contributed by atoms with E-state index in [1.54, 1.807) is 12.1 Å². The molecule has 2 rings (SSSR count). The van der Waals surface area contributed by atoms with Crippen LogP contribution in [-0.4, -0.2) is 19.0 Å². The molecule has 1 amide bonds. The van der Waals surface area contributed by atoms with Gasteiger partial charge >= 0.3 is 0 Å². The van der Waals surface area contributed by atoms with Gasteiger partial charge in [0.2, 0.25) is 0 Å². The van der Waals surface area contributed by atoms with Crippen LogP contribution < -0.4 is 16.4 Å². The molecule has 0 aliphatic heterocycles. The van der Waals surface area contributed by atoms with E-state index in [9.17, 15) is 4.79 Å². The van der Waals surface area contributed by atoms with Crippen LogP contribution in [0, 0.1) is 0 Å². The topological polar surface area (TPSA) is 72.3 Å². The minimum absolute atomic E-state index is 0.412. The van der Waals surface area contributed by atoms with Gasteiger partial charge in [0.05, 0.1) is 5.56 Å². The zero-order chi connectivity index (χ0) is 13.1. The van der Waals surface area contributed by atoms with Crippen molar-refractivity contribution in [1.29, 1.82) is 0 Å². The van der Waals surface area contributed by atoms with E-state index in [2.05, 4.69) is 11.9 Å². The van der Waals surface area contributed by atoms with Crippen molar-refractivity contribution in [3.8, 4) is 0 Å². The summed E-state index contributed by atoms with van der Waals surface area (Å²) in [6.07, 6.45) is 6.33. The number of carbonyl (C=O) groups excluding carboxylic acids is 1. The number of primary amides is 1. The Bertz CT molecular complexity index is 439. The highest BCUT2D eigenvalue weighted by Crippen LogP contribution is 2.27. The first-order valence-corrected chi connectivity index (χ1v) is 6.52. The molecule has 1 aliphatic carbocycles. The molecule has 1 fully saturated rings. The lowest BCUT2D eigenvalue weighted by atomic mass is 9.94. The quantitative estimate of drug-likeness (QED) is 0.804. The van der Waals surface area contributed by atoms with E-state index in [1.807, 2.05) is 6.07 Å². The molecule has 0 bridgehead atoms. The largest absolute Gasteiger partial charge is 0.398 e. The minimum Gasteiger partial charge on any atom is -0.398 e. The van der Waals surface area contributed by atoms with Crippen LogP contribution in [0.2, 0.25) is 0 Å². The fraction of sp³-hybridized carbons (Fsp3) is 0.500. The number of hydrogen-bond donors (Lipinski definition) is 2. The van der Waals surface area contributed by atoms with Gasteiger partial charge in [-0.3, -0.25) is 4.79 Å². The predicted molar refractivity (Wildman–Crippen MR) is 74.6 cm³/mol. The molecule has 0 unspecified atom stereocenters. The molecule has 1 aromatic rings. The number of benzene rings is 1. The molecule has 1 saturated carbocycles. The summed E-state index contributed by atoms with van der Waals surface area (Å²) in [5.74, 6) is -0.466. The Labute approximate surface area is 108 Å². The van der Waals surface area contributed by atoms with Gasteiger partial charge in [0.15, 0.2) is 0 Å². The second-order valence-corrected chi connectivity index (χ2v) is 5.04. The van der Waals surface area contributed by atoms with Crippen LogP contribution >= 0.6 is 0 Å². The van der Waals surface area contributed by atoms with Crippen molar-refractivity contribution >= 4 is 17.3 Å². The van der Waals surface area contributed by atoms with Crippen molar-refractivity contribution in [3.63, 3.8) is 0 Å². The Morgan fingerprint density at radius 3 is 2.56 bits per heavy atom. The highest BCUT2D eigenvalue weighted by Gasteiger charge is 2.19. The molecular weight excluding hydrogens is 226 g/mol. The van der Waals surface area contributed by atoms with Crippen LogP contribution in [-0.2, 0) is 0 Å². The van der Waals surface area contributed by atoms with Crippen LogP contribution in [0.1, 0.15) is 42.5 Å². The Kier molecular flexibility index (Phi) is 3.75. The number of anilines is 2. The molecule has 4 heteroatoms. The lowest BCUT2D eigenvalue weighted by Crippen LogP contribution is -2.33. The number of nitrogen functional groups attached to an aromatic ring is 1. The van der Waals surface area contributed by atoms with E-state index >= 15 is 0 Å². The number of nitrogens with two attached hydrogens (primary N) is 2. The first kappa shape index (κ1) is 12.7. The summed E-state index contributed by atoms with van der Waals surface area (Å²) in [6.45, 7) is 0. The molecule has 0 radical (unpaired) electrons. The third-order valence-corrected chi connectivity index (χ3v) is 3.83. The molecule has 0 spiro atoms. The van der Waals surface area contributed by atoms with Crippen molar-refractivity contribution in [3.05, 3.63) is 23.8 Å². The maximum atomic E-state index is 11.3. The Balaban J connectivity index is 2.21. The van der Waals surface area contributed by atoms with Gasteiger partial charge < -0.3 is 16.4 Å². The molecule has 4 nitrogen and oxygen atoms in total. The van der Waals surface area contributed by atoms with E-state index in [4.69, 9.17) is 11.5 Å². The smallest absolute Gasteiger partial charge is 0.250 e. The fourth-order valence-corrected chi connectivity index (χ4v) is 2.66. The van der Waals surface area contributed by atoms with Crippen molar-refractivity contribution in [2.45, 2.75) is 38.1 Å². The zero-order valence-corrected chi connectivity index (χ0v) is 10.9. The van der Waals surface area contributed by atoms with Gasteiger partial charge in [-0.25, -0.2) is 0 Å². The van der Waals surface area contributed by atoms with Crippen LogP contribution in [0.3, 0.4) is 0 Å². The molecule has 98 valence electrons. The number of amides is 1. The standard InChI is InChI=1S/C14H21N3O/c1-17(10-5-3-2-4-6-10)11-7-8-13(15)12(9-11)14(16)18/h7-10H,2-6,15H2,1H3,(H2,16,18). The highest BCUT2D eigenvalue weighted by atomic mass is 16.1. The third kappa shape index (κ3) is 2.58. The van der Waals surface area contributed by atoms with E-state index < -0.39 is 5.91 Å². The van der Waals surface area contributed by atoms with Gasteiger partial charge in [-0.1, -0.05) is 19.3 Å². The summed E-state index contributed by atoms with van der Waals surface area (Å²) >= 11 is 0.